The van der Waals surface area contributed by atoms with Crippen molar-refractivity contribution >= 4 is 28.5 Å². The standard InChI is InChI=1S/C26H23N7O2/c34-24(30-13-15-31(16-14-30)26-28-10-4-11-29-26)20-6-1-5-19(17-20)18-33-23-21(7-2-9-27-23)32-12-3-8-22(32)25(33)35/h1-12,17H,13-16,18H2. The summed E-state index contributed by atoms with van der Waals surface area (Å²) in [7, 11) is 0. The molecule has 0 spiro atoms. The second-order valence-electron chi connectivity index (χ2n) is 8.53. The first-order valence-corrected chi connectivity index (χ1v) is 11.5. The smallest absolute Gasteiger partial charge is 0.276 e. The van der Waals surface area contributed by atoms with Crippen LogP contribution in [0.3, 0.4) is 0 Å². The van der Waals surface area contributed by atoms with Gasteiger partial charge in [-0.2, -0.15) is 0 Å². The summed E-state index contributed by atoms with van der Waals surface area (Å²) in [4.78, 5) is 43.5. The van der Waals surface area contributed by atoms with Crippen LogP contribution in [0, 0.1) is 0 Å². The van der Waals surface area contributed by atoms with Gasteiger partial charge in [0.1, 0.15) is 5.52 Å². The Kier molecular flexibility index (Phi) is 5.21. The maximum atomic E-state index is 13.3. The van der Waals surface area contributed by atoms with E-state index in [1.54, 1.807) is 29.2 Å². The number of hydrogen-bond acceptors (Lipinski definition) is 6. The lowest BCUT2D eigenvalue weighted by molar-refractivity contribution is 0.0746. The van der Waals surface area contributed by atoms with Crippen LogP contribution < -0.4 is 10.5 Å². The van der Waals surface area contributed by atoms with Crippen molar-refractivity contribution in [2.24, 2.45) is 0 Å². The van der Waals surface area contributed by atoms with Crippen molar-refractivity contribution < 1.29 is 4.79 Å². The van der Waals surface area contributed by atoms with Gasteiger partial charge < -0.3 is 14.2 Å². The molecule has 0 radical (unpaired) electrons. The van der Waals surface area contributed by atoms with Crippen LogP contribution >= 0.6 is 0 Å². The topological polar surface area (TPSA) is 88.6 Å². The normalized spacial score (nSPS) is 14.1. The van der Waals surface area contributed by atoms with Gasteiger partial charge in [-0.15, -0.1) is 0 Å². The van der Waals surface area contributed by atoms with Gasteiger partial charge in [-0.05, 0) is 48.0 Å². The minimum absolute atomic E-state index is 0.0159. The summed E-state index contributed by atoms with van der Waals surface area (Å²) in [6.07, 6.45) is 7.01. The molecule has 1 aliphatic rings. The number of carbonyl (C=O) groups is 1. The number of piperazine rings is 1. The highest BCUT2D eigenvalue weighted by atomic mass is 16.2. The summed E-state index contributed by atoms with van der Waals surface area (Å²) in [5.74, 6) is 0.672. The first-order valence-electron chi connectivity index (χ1n) is 11.5. The number of hydrogen-bond donors (Lipinski definition) is 0. The molecule has 6 rings (SSSR count). The van der Waals surface area contributed by atoms with Crippen LogP contribution in [0.25, 0.3) is 16.7 Å². The van der Waals surface area contributed by atoms with Crippen molar-refractivity contribution in [3.8, 4) is 0 Å². The highest BCUT2D eigenvalue weighted by Crippen LogP contribution is 2.17. The molecular weight excluding hydrogens is 442 g/mol. The van der Waals surface area contributed by atoms with E-state index in [0.717, 1.165) is 11.1 Å². The van der Waals surface area contributed by atoms with Crippen LogP contribution in [0.1, 0.15) is 15.9 Å². The molecule has 1 amide bonds. The lowest BCUT2D eigenvalue weighted by atomic mass is 10.1. The molecule has 9 nitrogen and oxygen atoms in total. The highest BCUT2D eigenvalue weighted by molar-refractivity contribution is 5.94. The summed E-state index contributed by atoms with van der Waals surface area (Å²) < 4.78 is 3.54. The first kappa shape index (κ1) is 21.0. The lowest BCUT2D eigenvalue weighted by Gasteiger charge is -2.34. The molecule has 0 unspecified atom stereocenters. The number of fused-ring (bicyclic) bond motifs is 3. The summed E-state index contributed by atoms with van der Waals surface area (Å²) in [6.45, 7) is 2.88. The van der Waals surface area contributed by atoms with E-state index in [2.05, 4.69) is 19.9 Å². The van der Waals surface area contributed by atoms with E-state index < -0.39 is 0 Å². The Hall–Kier alpha value is -4.53. The van der Waals surface area contributed by atoms with Crippen LogP contribution in [-0.2, 0) is 6.54 Å². The van der Waals surface area contributed by atoms with Crippen molar-refractivity contribution in [2.45, 2.75) is 6.54 Å². The Balaban J connectivity index is 1.25. The largest absolute Gasteiger partial charge is 0.337 e. The van der Waals surface area contributed by atoms with Gasteiger partial charge in [0.05, 0.1) is 12.1 Å². The number of pyridine rings is 1. The van der Waals surface area contributed by atoms with E-state index in [0.29, 0.717) is 55.4 Å². The lowest BCUT2D eigenvalue weighted by Crippen LogP contribution is -2.49. The van der Waals surface area contributed by atoms with Crippen LogP contribution in [0.4, 0.5) is 5.95 Å². The second kappa shape index (κ2) is 8.68. The van der Waals surface area contributed by atoms with Crippen molar-refractivity contribution in [2.75, 3.05) is 31.1 Å². The zero-order valence-electron chi connectivity index (χ0n) is 19.0. The van der Waals surface area contributed by atoms with Gasteiger partial charge in [-0.25, -0.2) is 15.0 Å². The van der Waals surface area contributed by atoms with E-state index in [1.807, 2.05) is 64.0 Å². The van der Waals surface area contributed by atoms with Crippen molar-refractivity contribution in [3.63, 3.8) is 0 Å². The second-order valence-corrected chi connectivity index (χ2v) is 8.53. The molecule has 174 valence electrons. The van der Waals surface area contributed by atoms with Gasteiger partial charge in [0.2, 0.25) is 5.95 Å². The van der Waals surface area contributed by atoms with Gasteiger partial charge in [-0.3, -0.25) is 14.2 Å². The fourth-order valence-electron chi connectivity index (χ4n) is 4.66. The number of aromatic nitrogens is 5. The molecule has 0 bridgehead atoms. The van der Waals surface area contributed by atoms with Gasteiger partial charge in [0.15, 0.2) is 5.65 Å². The fraction of sp³-hybridized carbons (Fsp3) is 0.192. The van der Waals surface area contributed by atoms with Crippen LogP contribution in [0.2, 0.25) is 0 Å². The van der Waals surface area contributed by atoms with Crippen LogP contribution in [0.5, 0.6) is 0 Å². The number of rotatable bonds is 4. The van der Waals surface area contributed by atoms with Crippen LogP contribution in [-0.4, -0.2) is 60.9 Å². The fourth-order valence-corrected chi connectivity index (χ4v) is 4.66. The van der Waals surface area contributed by atoms with Gasteiger partial charge in [0, 0.05) is 56.5 Å². The highest BCUT2D eigenvalue weighted by Gasteiger charge is 2.23. The molecule has 4 aromatic heterocycles. The molecule has 1 fully saturated rings. The van der Waals surface area contributed by atoms with Gasteiger partial charge >= 0.3 is 0 Å². The molecule has 1 saturated heterocycles. The average molecular weight is 466 g/mol. The summed E-state index contributed by atoms with van der Waals surface area (Å²) in [5, 5.41) is 0. The molecule has 0 aliphatic carbocycles. The minimum atomic E-state index is -0.114. The quantitative estimate of drug-likeness (QED) is 0.405. The number of carbonyl (C=O) groups excluding carboxylic acids is 1. The Morgan fingerprint density at radius 1 is 0.829 bits per heavy atom. The molecule has 9 heteroatoms. The Bertz CT molecular complexity index is 1580. The van der Waals surface area contributed by atoms with Crippen molar-refractivity contribution in [1.29, 1.82) is 0 Å². The molecule has 5 aromatic rings. The Morgan fingerprint density at radius 3 is 2.43 bits per heavy atom. The molecule has 1 aromatic carbocycles. The van der Waals surface area contributed by atoms with E-state index in [1.165, 1.54) is 0 Å². The number of nitrogens with zero attached hydrogens (tertiary/aromatic N) is 7. The summed E-state index contributed by atoms with van der Waals surface area (Å²) in [5.41, 5.74) is 3.44. The zero-order valence-corrected chi connectivity index (χ0v) is 19.0. The van der Waals surface area contributed by atoms with Crippen molar-refractivity contribution in [1.82, 2.24) is 28.8 Å². The SMILES string of the molecule is O=C(c1cccc(Cn2c(=O)c3cccn3c3cccnc32)c1)N1CCN(c2ncccn2)CC1. The summed E-state index contributed by atoms with van der Waals surface area (Å²) >= 11 is 0. The van der Waals surface area contributed by atoms with Crippen molar-refractivity contribution in [3.05, 3.63) is 101 Å². The molecular formula is C26H23N7O2. The predicted octanol–water partition coefficient (Wildman–Crippen LogP) is 2.45. The monoisotopic (exact) mass is 465 g/mol. The minimum Gasteiger partial charge on any atom is -0.337 e. The molecule has 1 aliphatic heterocycles. The number of amides is 1. The van der Waals surface area contributed by atoms with E-state index >= 15 is 0 Å². The maximum Gasteiger partial charge on any atom is 0.276 e. The Morgan fingerprint density at radius 2 is 1.60 bits per heavy atom. The third kappa shape index (κ3) is 3.80. The summed E-state index contributed by atoms with van der Waals surface area (Å²) in [6, 6.07) is 16.8. The zero-order chi connectivity index (χ0) is 23.8. The van der Waals surface area contributed by atoms with E-state index in [4.69, 9.17) is 0 Å². The first-order chi connectivity index (χ1) is 17.2. The van der Waals surface area contributed by atoms with E-state index in [9.17, 15) is 9.59 Å². The molecule has 0 N–H and O–H groups in total. The average Bonchev–Trinajstić information content (AvgIpc) is 3.42. The predicted molar refractivity (Wildman–Crippen MR) is 133 cm³/mol. The van der Waals surface area contributed by atoms with Gasteiger partial charge in [0.25, 0.3) is 11.5 Å². The maximum absolute atomic E-state index is 13.3. The molecule has 0 atom stereocenters. The number of anilines is 1. The third-order valence-electron chi connectivity index (χ3n) is 6.41. The van der Waals surface area contributed by atoms with E-state index in [-0.39, 0.29) is 11.5 Å². The molecule has 5 heterocycles. The Labute approximate surface area is 200 Å². The third-order valence-corrected chi connectivity index (χ3v) is 6.41. The molecule has 35 heavy (non-hydrogen) atoms. The molecule has 0 saturated carbocycles. The van der Waals surface area contributed by atoms with Crippen LogP contribution in [0.15, 0.2) is 84.2 Å². The van der Waals surface area contributed by atoms with Gasteiger partial charge in [-0.1, -0.05) is 12.1 Å². The number of benzene rings is 1.